The van der Waals surface area contributed by atoms with Crippen LogP contribution in [0.1, 0.15) is 0 Å². The smallest absolute Gasteiger partial charge is 0.184 e. The highest BCUT2D eigenvalue weighted by molar-refractivity contribution is 7.14. The molecule has 1 saturated heterocycles. The summed E-state index contributed by atoms with van der Waals surface area (Å²) in [4.78, 5) is 4.08. The van der Waals surface area contributed by atoms with Gasteiger partial charge in [0.1, 0.15) is 5.15 Å². The zero-order valence-electron chi connectivity index (χ0n) is 5.80. The molecule has 0 bridgehead atoms. The van der Waals surface area contributed by atoms with Crippen LogP contribution in [-0.4, -0.2) is 24.1 Å². The molecule has 0 spiro atoms. The highest BCUT2D eigenvalue weighted by Crippen LogP contribution is 2.19. The van der Waals surface area contributed by atoms with Crippen molar-refractivity contribution in [3.63, 3.8) is 0 Å². The second-order valence-electron chi connectivity index (χ2n) is 2.47. The van der Waals surface area contributed by atoms with E-state index in [9.17, 15) is 0 Å². The molecule has 1 fully saturated rings. The number of thiazole rings is 1. The molecule has 1 aliphatic heterocycles. The van der Waals surface area contributed by atoms with E-state index in [1.165, 1.54) is 0 Å². The lowest BCUT2D eigenvalue weighted by atomic mass is 10.2. The number of hydrogen-bond acceptors (Lipinski definition) is 4. The monoisotopic (exact) mass is 189 g/mol. The van der Waals surface area contributed by atoms with Gasteiger partial charge in [-0.3, -0.25) is 0 Å². The minimum absolute atomic E-state index is 0.539. The van der Waals surface area contributed by atoms with Gasteiger partial charge in [-0.1, -0.05) is 11.6 Å². The third-order valence-electron chi connectivity index (χ3n) is 1.59. The molecule has 2 N–H and O–H groups in total. The summed E-state index contributed by atoms with van der Waals surface area (Å²) < 4.78 is 0. The van der Waals surface area contributed by atoms with Crippen LogP contribution < -0.4 is 10.6 Å². The van der Waals surface area contributed by atoms with E-state index in [-0.39, 0.29) is 0 Å². The molecule has 0 amide bonds. The Bertz CT molecular complexity index is 246. The van der Waals surface area contributed by atoms with Crippen LogP contribution in [-0.2, 0) is 0 Å². The first-order valence-corrected chi connectivity index (χ1v) is 4.68. The summed E-state index contributed by atoms with van der Waals surface area (Å²) in [6, 6.07) is 0.539. The zero-order valence-corrected chi connectivity index (χ0v) is 7.37. The molecule has 11 heavy (non-hydrogen) atoms. The lowest BCUT2D eigenvalue weighted by molar-refractivity contribution is 0.472. The number of nitrogens with zero attached hydrogens (tertiary/aromatic N) is 1. The van der Waals surface area contributed by atoms with Crippen LogP contribution >= 0.6 is 22.9 Å². The number of anilines is 1. The van der Waals surface area contributed by atoms with Gasteiger partial charge in [0.05, 0.1) is 6.04 Å². The summed E-state index contributed by atoms with van der Waals surface area (Å²) in [5, 5.41) is 9.75. The van der Waals surface area contributed by atoms with Crippen molar-refractivity contribution < 1.29 is 0 Å². The number of halogens is 1. The number of nitrogens with one attached hydrogen (secondary N) is 2. The van der Waals surface area contributed by atoms with Crippen molar-refractivity contribution in [2.75, 3.05) is 18.4 Å². The van der Waals surface area contributed by atoms with Crippen molar-refractivity contribution >= 4 is 28.1 Å². The third-order valence-corrected chi connectivity index (χ3v) is 2.68. The molecule has 0 aliphatic carbocycles. The van der Waals surface area contributed by atoms with Crippen molar-refractivity contribution in [2.45, 2.75) is 6.04 Å². The molecule has 0 atom stereocenters. The van der Waals surface area contributed by atoms with Crippen molar-refractivity contribution in [1.82, 2.24) is 10.3 Å². The Hall–Kier alpha value is -0.320. The van der Waals surface area contributed by atoms with Gasteiger partial charge in [-0.25, -0.2) is 4.98 Å². The molecular weight excluding hydrogens is 182 g/mol. The molecule has 0 aromatic carbocycles. The minimum Gasteiger partial charge on any atom is -0.356 e. The van der Waals surface area contributed by atoms with Crippen LogP contribution in [0.2, 0.25) is 5.15 Å². The van der Waals surface area contributed by atoms with E-state index >= 15 is 0 Å². The molecule has 0 unspecified atom stereocenters. The summed E-state index contributed by atoms with van der Waals surface area (Å²) in [6.07, 6.45) is 0. The molecule has 1 aromatic heterocycles. The fourth-order valence-electron chi connectivity index (χ4n) is 0.886. The summed E-state index contributed by atoms with van der Waals surface area (Å²) in [5.74, 6) is 0. The summed E-state index contributed by atoms with van der Waals surface area (Å²) in [5.41, 5.74) is 0. The van der Waals surface area contributed by atoms with Crippen molar-refractivity contribution in [2.24, 2.45) is 0 Å². The SMILES string of the molecule is Clc1csc(NC2CNC2)n1. The van der Waals surface area contributed by atoms with Crippen LogP contribution in [0.5, 0.6) is 0 Å². The molecular formula is C6H8ClN3S. The summed E-state index contributed by atoms with van der Waals surface area (Å²) in [7, 11) is 0. The molecule has 60 valence electrons. The van der Waals surface area contributed by atoms with E-state index in [2.05, 4.69) is 15.6 Å². The van der Waals surface area contributed by atoms with Gasteiger partial charge in [0, 0.05) is 18.5 Å². The Morgan fingerprint density at radius 1 is 1.73 bits per heavy atom. The molecule has 2 rings (SSSR count). The average molecular weight is 190 g/mol. The summed E-state index contributed by atoms with van der Waals surface area (Å²) in [6.45, 7) is 2.05. The number of rotatable bonds is 2. The predicted molar refractivity (Wildman–Crippen MR) is 47.4 cm³/mol. The highest BCUT2D eigenvalue weighted by Gasteiger charge is 2.16. The number of hydrogen-bond donors (Lipinski definition) is 2. The molecule has 1 aromatic rings. The highest BCUT2D eigenvalue weighted by atomic mass is 35.5. The third kappa shape index (κ3) is 1.64. The van der Waals surface area contributed by atoms with E-state index < -0.39 is 0 Å². The van der Waals surface area contributed by atoms with Crippen molar-refractivity contribution in [1.29, 1.82) is 0 Å². The molecule has 0 radical (unpaired) electrons. The quantitative estimate of drug-likeness (QED) is 0.734. The molecule has 1 aliphatic rings. The van der Waals surface area contributed by atoms with Gasteiger partial charge in [-0.05, 0) is 0 Å². The van der Waals surface area contributed by atoms with Gasteiger partial charge in [-0.15, -0.1) is 11.3 Å². The van der Waals surface area contributed by atoms with Crippen LogP contribution in [0.3, 0.4) is 0 Å². The number of aromatic nitrogens is 1. The van der Waals surface area contributed by atoms with Gasteiger partial charge in [-0.2, -0.15) is 0 Å². The zero-order chi connectivity index (χ0) is 7.68. The minimum atomic E-state index is 0.539. The fourth-order valence-corrected chi connectivity index (χ4v) is 1.80. The first-order valence-electron chi connectivity index (χ1n) is 3.43. The molecule has 5 heteroatoms. The van der Waals surface area contributed by atoms with E-state index in [1.54, 1.807) is 11.3 Å². The maximum Gasteiger partial charge on any atom is 0.184 e. The van der Waals surface area contributed by atoms with E-state index in [4.69, 9.17) is 11.6 Å². The maximum atomic E-state index is 5.65. The van der Waals surface area contributed by atoms with Crippen LogP contribution in [0.15, 0.2) is 5.38 Å². The Kier molecular flexibility index (Phi) is 1.98. The topological polar surface area (TPSA) is 37.0 Å². The second-order valence-corrected chi connectivity index (χ2v) is 3.72. The largest absolute Gasteiger partial charge is 0.356 e. The van der Waals surface area contributed by atoms with Crippen molar-refractivity contribution in [3.05, 3.63) is 10.5 Å². The Morgan fingerprint density at radius 3 is 3.00 bits per heavy atom. The van der Waals surface area contributed by atoms with Crippen LogP contribution in [0.4, 0.5) is 5.13 Å². The lowest BCUT2D eigenvalue weighted by Crippen LogP contribution is -2.51. The standard InChI is InChI=1S/C6H8ClN3S/c7-5-3-11-6(10-5)9-4-1-8-2-4/h3-4,8H,1-2H2,(H,9,10). The van der Waals surface area contributed by atoms with Gasteiger partial charge in [0.15, 0.2) is 5.13 Å². The molecule has 0 saturated carbocycles. The lowest BCUT2D eigenvalue weighted by Gasteiger charge is -2.27. The van der Waals surface area contributed by atoms with Gasteiger partial charge < -0.3 is 10.6 Å². The predicted octanol–water partition coefficient (Wildman–Crippen LogP) is 1.18. The van der Waals surface area contributed by atoms with Gasteiger partial charge in [0.2, 0.25) is 0 Å². The molecule has 3 nitrogen and oxygen atoms in total. The summed E-state index contributed by atoms with van der Waals surface area (Å²) >= 11 is 7.19. The average Bonchev–Trinajstić information content (AvgIpc) is 2.27. The first kappa shape index (κ1) is 7.34. The van der Waals surface area contributed by atoms with E-state index in [0.717, 1.165) is 18.2 Å². The van der Waals surface area contributed by atoms with Crippen LogP contribution in [0.25, 0.3) is 0 Å². The Morgan fingerprint density at radius 2 is 2.55 bits per heavy atom. The normalized spacial score (nSPS) is 17.9. The van der Waals surface area contributed by atoms with Gasteiger partial charge in [0.25, 0.3) is 0 Å². The molecule has 2 heterocycles. The first-order chi connectivity index (χ1) is 5.34. The van der Waals surface area contributed by atoms with E-state index in [1.807, 2.05) is 5.38 Å². The second kappa shape index (κ2) is 2.97. The maximum absolute atomic E-state index is 5.65. The Labute approximate surface area is 73.8 Å². The van der Waals surface area contributed by atoms with E-state index in [0.29, 0.717) is 11.2 Å². The van der Waals surface area contributed by atoms with Gasteiger partial charge >= 0.3 is 0 Å². The Balaban J connectivity index is 1.95. The van der Waals surface area contributed by atoms with Crippen molar-refractivity contribution in [3.8, 4) is 0 Å². The fraction of sp³-hybridized carbons (Fsp3) is 0.500. The van der Waals surface area contributed by atoms with Crippen LogP contribution in [0, 0.1) is 0 Å².